The number of hydrogen-bond acceptors (Lipinski definition) is 5. The number of amides is 1. The number of benzene rings is 3. The van der Waals surface area contributed by atoms with Crippen molar-refractivity contribution in [1.29, 1.82) is 0 Å². The predicted molar refractivity (Wildman–Crippen MR) is 139 cm³/mol. The maximum atomic E-state index is 12.4. The molecule has 0 atom stereocenters. The van der Waals surface area contributed by atoms with Gasteiger partial charge >= 0.3 is 0 Å². The molecule has 0 bridgehead atoms. The average Bonchev–Trinajstić information content (AvgIpc) is 3.30. The van der Waals surface area contributed by atoms with Crippen molar-refractivity contribution < 1.29 is 4.79 Å². The highest BCUT2D eigenvalue weighted by molar-refractivity contribution is 7.99. The van der Waals surface area contributed by atoms with Crippen molar-refractivity contribution in [3.8, 4) is 22.5 Å². The quantitative estimate of drug-likeness (QED) is 0.208. The Morgan fingerprint density at radius 3 is 2.24 bits per heavy atom. The lowest BCUT2D eigenvalue weighted by Crippen LogP contribution is -2.21. The van der Waals surface area contributed by atoms with Crippen molar-refractivity contribution in [2.24, 2.45) is 5.10 Å². The van der Waals surface area contributed by atoms with Crippen molar-refractivity contribution in [2.45, 2.75) is 32.5 Å². The van der Waals surface area contributed by atoms with Crippen LogP contribution >= 0.6 is 11.8 Å². The molecule has 0 aliphatic carbocycles. The summed E-state index contributed by atoms with van der Waals surface area (Å²) < 4.78 is 2.02. The van der Waals surface area contributed by atoms with Crippen molar-refractivity contribution in [3.05, 3.63) is 90.0 Å². The van der Waals surface area contributed by atoms with E-state index in [2.05, 4.69) is 64.0 Å². The van der Waals surface area contributed by atoms with E-state index in [1.807, 2.05) is 60.9 Å². The Morgan fingerprint density at radius 2 is 1.56 bits per heavy atom. The first kappa shape index (κ1) is 23.4. The number of aromatic nitrogens is 3. The number of hydrazone groups is 1. The minimum Gasteiger partial charge on any atom is -0.302 e. The van der Waals surface area contributed by atoms with Crippen molar-refractivity contribution >= 4 is 23.4 Å². The fraction of sp³-hybridized carbons (Fsp3) is 0.185. The largest absolute Gasteiger partial charge is 0.302 e. The lowest BCUT2D eigenvalue weighted by Gasteiger charge is -2.08. The van der Waals surface area contributed by atoms with Gasteiger partial charge in [0.25, 0.3) is 5.91 Å². The second kappa shape index (κ2) is 10.9. The second-order valence-corrected chi connectivity index (χ2v) is 8.82. The average molecular weight is 470 g/mol. The fourth-order valence-corrected chi connectivity index (χ4v) is 4.30. The highest BCUT2D eigenvalue weighted by Crippen LogP contribution is 2.24. The molecule has 1 aromatic heterocycles. The summed E-state index contributed by atoms with van der Waals surface area (Å²) in [6.45, 7) is 6.70. The van der Waals surface area contributed by atoms with Gasteiger partial charge in [0.15, 0.2) is 11.0 Å². The molecule has 0 fully saturated rings. The van der Waals surface area contributed by atoms with Crippen LogP contribution in [0.4, 0.5) is 0 Å². The zero-order chi connectivity index (χ0) is 23.9. The topological polar surface area (TPSA) is 72.2 Å². The summed E-state index contributed by atoms with van der Waals surface area (Å²) in [6.07, 6.45) is 0. The number of nitrogens with zero attached hydrogens (tertiary/aromatic N) is 4. The van der Waals surface area contributed by atoms with Gasteiger partial charge in [-0.15, -0.1) is 10.2 Å². The molecule has 0 saturated heterocycles. The number of aryl methyl sites for hydroxylation is 1. The molecule has 34 heavy (non-hydrogen) atoms. The van der Waals surface area contributed by atoms with E-state index < -0.39 is 0 Å². The Bertz CT molecular complexity index is 1280. The van der Waals surface area contributed by atoms with Crippen LogP contribution in [0.5, 0.6) is 0 Å². The van der Waals surface area contributed by atoms with Crippen LogP contribution in [-0.2, 0) is 11.3 Å². The number of carbonyl (C=O) groups is 1. The third-order valence-electron chi connectivity index (χ3n) is 5.43. The molecule has 4 rings (SSSR count). The van der Waals surface area contributed by atoms with Crippen LogP contribution in [0.2, 0.25) is 0 Å². The molecule has 1 N–H and O–H groups in total. The summed E-state index contributed by atoms with van der Waals surface area (Å²) in [5.41, 5.74) is 8.87. The Labute approximate surface area is 204 Å². The number of hydrogen-bond donors (Lipinski definition) is 1. The van der Waals surface area contributed by atoms with Gasteiger partial charge in [-0.05, 0) is 37.5 Å². The lowest BCUT2D eigenvalue weighted by atomic mass is 10.0. The van der Waals surface area contributed by atoms with E-state index in [-0.39, 0.29) is 11.7 Å². The van der Waals surface area contributed by atoms with Gasteiger partial charge in [0, 0.05) is 12.1 Å². The molecule has 1 amide bonds. The number of carbonyl (C=O) groups excluding carboxylic acids is 1. The molecule has 7 heteroatoms. The fourth-order valence-electron chi connectivity index (χ4n) is 3.50. The zero-order valence-electron chi connectivity index (χ0n) is 19.5. The third-order valence-corrected chi connectivity index (χ3v) is 6.40. The SMILES string of the molecule is CCn1c(SCC(=O)N/N=C(\C)c2ccc(-c3ccccc3)cc2)nnc1-c1ccc(C)cc1. The predicted octanol–water partition coefficient (Wildman–Crippen LogP) is 5.57. The van der Waals surface area contributed by atoms with Crippen LogP contribution in [0.3, 0.4) is 0 Å². The first-order chi connectivity index (χ1) is 16.5. The summed E-state index contributed by atoms with van der Waals surface area (Å²) in [6, 6.07) is 26.5. The molecular formula is C27H27N5OS. The number of nitrogens with one attached hydrogen (secondary N) is 1. The van der Waals surface area contributed by atoms with Gasteiger partial charge in [0.1, 0.15) is 0 Å². The summed E-state index contributed by atoms with van der Waals surface area (Å²) in [5.74, 6) is 0.821. The van der Waals surface area contributed by atoms with E-state index in [1.54, 1.807) is 0 Å². The van der Waals surface area contributed by atoms with Gasteiger partial charge < -0.3 is 4.57 Å². The third kappa shape index (κ3) is 5.61. The highest BCUT2D eigenvalue weighted by Gasteiger charge is 2.14. The molecule has 0 saturated carbocycles. The number of rotatable bonds is 8. The van der Waals surface area contributed by atoms with Gasteiger partial charge in [0.05, 0.1) is 11.5 Å². The first-order valence-electron chi connectivity index (χ1n) is 11.2. The van der Waals surface area contributed by atoms with Crippen LogP contribution in [0.15, 0.2) is 89.1 Å². The maximum absolute atomic E-state index is 12.4. The van der Waals surface area contributed by atoms with Gasteiger partial charge in [0.2, 0.25) is 0 Å². The second-order valence-electron chi connectivity index (χ2n) is 7.88. The van der Waals surface area contributed by atoms with Crippen molar-refractivity contribution in [1.82, 2.24) is 20.2 Å². The van der Waals surface area contributed by atoms with Crippen LogP contribution in [0.1, 0.15) is 25.0 Å². The Hall–Kier alpha value is -3.71. The Morgan fingerprint density at radius 1 is 0.912 bits per heavy atom. The van der Waals surface area contributed by atoms with Gasteiger partial charge in [-0.1, -0.05) is 96.2 Å². The Balaban J connectivity index is 1.35. The van der Waals surface area contributed by atoms with Crippen LogP contribution in [0.25, 0.3) is 22.5 Å². The maximum Gasteiger partial charge on any atom is 0.250 e. The molecule has 0 spiro atoms. The minimum absolute atomic E-state index is 0.187. The number of thioether (sulfide) groups is 1. The van der Waals surface area contributed by atoms with E-state index in [0.717, 1.165) is 34.8 Å². The minimum atomic E-state index is -0.187. The molecule has 4 aromatic rings. The lowest BCUT2D eigenvalue weighted by molar-refractivity contribution is -0.118. The highest BCUT2D eigenvalue weighted by atomic mass is 32.2. The van der Waals surface area contributed by atoms with E-state index >= 15 is 0 Å². The normalized spacial score (nSPS) is 11.4. The van der Waals surface area contributed by atoms with Crippen molar-refractivity contribution in [3.63, 3.8) is 0 Å². The molecule has 6 nitrogen and oxygen atoms in total. The molecular weight excluding hydrogens is 442 g/mol. The van der Waals surface area contributed by atoms with Gasteiger partial charge in [-0.25, -0.2) is 5.43 Å². The van der Waals surface area contributed by atoms with Crippen molar-refractivity contribution in [2.75, 3.05) is 5.75 Å². The Kier molecular flexibility index (Phi) is 7.54. The molecule has 0 aliphatic heterocycles. The van der Waals surface area contributed by atoms with Crippen LogP contribution < -0.4 is 5.43 Å². The molecule has 172 valence electrons. The molecule has 0 unspecified atom stereocenters. The monoisotopic (exact) mass is 469 g/mol. The summed E-state index contributed by atoms with van der Waals surface area (Å²) in [5, 5.41) is 13.6. The molecule has 3 aromatic carbocycles. The van der Waals surface area contributed by atoms with E-state index in [9.17, 15) is 4.79 Å². The first-order valence-corrected chi connectivity index (χ1v) is 12.2. The zero-order valence-corrected chi connectivity index (χ0v) is 20.3. The summed E-state index contributed by atoms with van der Waals surface area (Å²) >= 11 is 1.35. The summed E-state index contributed by atoms with van der Waals surface area (Å²) in [4.78, 5) is 12.4. The van der Waals surface area contributed by atoms with Crippen LogP contribution in [-0.4, -0.2) is 32.1 Å². The van der Waals surface area contributed by atoms with Gasteiger partial charge in [-0.3, -0.25) is 4.79 Å². The smallest absolute Gasteiger partial charge is 0.250 e. The molecule has 1 heterocycles. The van der Waals surface area contributed by atoms with E-state index in [4.69, 9.17) is 0 Å². The van der Waals surface area contributed by atoms with Gasteiger partial charge in [-0.2, -0.15) is 5.10 Å². The van der Waals surface area contributed by atoms with E-state index in [0.29, 0.717) is 5.16 Å². The molecule has 0 aliphatic rings. The van der Waals surface area contributed by atoms with E-state index in [1.165, 1.54) is 22.9 Å². The molecule has 0 radical (unpaired) electrons. The summed E-state index contributed by atoms with van der Waals surface area (Å²) in [7, 11) is 0. The standard InChI is InChI=1S/C27H27N5OS/c1-4-32-26(24-12-10-19(2)11-13-24)30-31-27(32)34-18-25(33)29-28-20(3)21-14-16-23(17-15-21)22-8-6-5-7-9-22/h5-17H,4,18H2,1-3H3,(H,29,33)/b28-20+. The van der Waals surface area contributed by atoms with Crippen LogP contribution in [0, 0.1) is 6.92 Å².